The fraction of sp³-hybridized carbons (Fsp3) is 0.235. The molecule has 1 amide bonds. The number of amides is 1. The first-order chi connectivity index (χ1) is 10.5. The van der Waals surface area contributed by atoms with Crippen molar-refractivity contribution in [2.24, 2.45) is 0 Å². The second-order valence-corrected chi connectivity index (χ2v) is 6.41. The molecule has 2 aromatic rings. The fourth-order valence-electron chi connectivity index (χ4n) is 1.89. The lowest BCUT2D eigenvalue weighted by Crippen LogP contribution is -2.24. The van der Waals surface area contributed by atoms with Crippen molar-refractivity contribution < 1.29 is 9.18 Å². The van der Waals surface area contributed by atoms with Gasteiger partial charge in [0.1, 0.15) is 5.82 Å². The molecule has 0 unspecified atom stereocenters. The van der Waals surface area contributed by atoms with Gasteiger partial charge in [0.25, 0.3) is 0 Å². The van der Waals surface area contributed by atoms with Gasteiger partial charge >= 0.3 is 0 Å². The number of aryl methyl sites for hydroxylation is 1. The van der Waals surface area contributed by atoms with Crippen LogP contribution in [-0.4, -0.2) is 11.7 Å². The van der Waals surface area contributed by atoms with Gasteiger partial charge in [0.2, 0.25) is 5.91 Å². The number of thioether (sulfide) groups is 1. The number of carbonyl (C=O) groups excluding carboxylic acids is 1. The highest BCUT2D eigenvalue weighted by molar-refractivity contribution is 7.99. The van der Waals surface area contributed by atoms with Gasteiger partial charge < -0.3 is 5.32 Å². The van der Waals surface area contributed by atoms with Crippen molar-refractivity contribution in [3.63, 3.8) is 0 Å². The molecule has 22 heavy (non-hydrogen) atoms. The summed E-state index contributed by atoms with van der Waals surface area (Å²) >= 11 is 7.43. The monoisotopic (exact) mass is 337 g/mol. The van der Waals surface area contributed by atoms with E-state index >= 15 is 0 Å². The Bertz CT molecular complexity index is 663. The standard InChI is InChI=1S/C17H17ClFNOS/c1-12-5-6-13(8-16(12)19)9-20-17(21)11-22-10-14-3-2-4-15(18)7-14/h2-8H,9-11H2,1H3,(H,20,21). The highest BCUT2D eigenvalue weighted by atomic mass is 35.5. The summed E-state index contributed by atoms with van der Waals surface area (Å²) < 4.78 is 13.4. The molecule has 0 fully saturated rings. The molecular formula is C17H17ClFNOS. The number of benzene rings is 2. The minimum absolute atomic E-state index is 0.0620. The largest absolute Gasteiger partial charge is 0.351 e. The Morgan fingerprint density at radius 1 is 1.23 bits per heavy atom. The average Bonchev–Trinajstić information content (AvgIpc) is 2.48. The average molecular weight is 338 g/mol. The van der Waals surface area contributed by atoms with Gasteiger partial charge in [0.15, 0.2) is 0 Å². The number of hydrogen-bond acceptors (Lipinski definition) is 2. The van der Waals surface area contributed by atoms with Crippen molar-refractivity contribution in [2.75, 3.05) is 5.75 Å². The molecule has 0 saturated heterocycles. The van der Waals surface area contributed by atoms with Crippen LogP contribution < -0.4 is 5.32 Å². The quantitative estimate of drug-likeness (QED) is 0.849. The van der Waals surface area contributed by atoms with E-state index in [1.54, 1.807) is 13.0 Å². The third-order valence-corrected chi connectivity index (χ3v) is 4.36. The number of hydrogen-bond donors (Lipinski definition) is 1. The number of rotatable bonds is 6. The van der Waals surface area contributed by atoms with E-state index in [0.717, 1.165) is 16.9 Å². The smallest absolute Gasteiger partial charge is 0.230 e. The number of nitrogens with one attached hydrogen (secondary N) is 1. The van der Waals surface area contributed by atoms with E-state index in [-0.39, 0.29) is 11.7 Å². The van der Waals surface area contributed by atoms with Gasteiger partial charge in [-0.15, -0.1) is 11.8 Å². The van der Waals surface area contributed by atoms with E-state index in [4.69, 9.17) is 11.6 Å². The van der Waals surface area contributed by atoms with Crippen LogP contribution >= 0.6 is 23.4 Å². The Morgan fingerprint density at radius 3 is 2.77 bits per heavy atom. The summed E-state index contributed by atoms with van der Waals surface area (Å²) in [4.78, 5) is 11.8. The van der Waals surface area contributed by atoms with Crippen molar-refractivity contribution in [1.29, 1.82) is 0 Å². The van der Waals surface area contributed by atoms with E-state index < -0.39 is 0 Å². The first kappa shape index (κ1) is 16.8. The Labute approximate surface area is 139 Å². The molecule has 0 spiro atoms. The molecule has 116 valence electrons. The van der Waals surface area contributed by atoms with Crippen LogP contribution in [0.3, 0.4) is 0 Å². The molecule has 0 aromatic heterocycles. The molecule has 0 aliphatic heterocycles. The lowest BCUT2D eigenvalue weighted by Gasteiger charge is -2.07. The van der Waals surface area contributed by atoms with Crippen LogP contribution in [-0.2, 0) is 17.1 Å². The Morgan fingerprint density at radius 2 is 2.05 bits per heavy atom. The van der Waals surface area contributed by atoms with E-state index in [1.807, 2.05) is 30.3 Å². The Balaban J connectivity index is 1.72. The molecule has 2 nitrogen and oxygen atoms in total. The molecule has 1 N–H and O–H groups in total. The lowest BCUT2D eigenvalue weighted by atomic mass is 10.1. The topological polar surface area (TPSA) is 29.1 Å². The van der Waals surface area contributed by atoms with Gasteiger partial charge in [0.05, 0.1) is 5.75 Å². The first-order valence-electron chi connectivity index (χ1n) is 6.88. The van der Waals surface area contributed by atoms with Crippen molar-refractivity contribution in [1.82, 2.24) is 5.32 Å². The summed E-state index contributed by atoms with van der Waals surface area (Å²) in [6.07, 6.45) is 0. The summed E-state index contributed by atoms with van der Waals surface area (Å²) in [5.41, 5.74) is 2.45. The highest BCUT2D eigenvalue weighted by Gasteiger charge is 2.04. The first-order valence-corrected chi connectivity index (χ1v) is 8.42. The Kier molecular flexibility index (Phi) is 6.28. The Hall–Kier alpha value is -1.52. The predicted molar refractivity (Wildman–Crippen MR) is 90.6 cm³/mol. The van der Waals surface area contributed by atoms with Crippen molar-refractivity contribution >= 4 is 29.3 Å². The molecule has 0 aliphatic rings. The molecule has 0 atom stereocenters. The van der Waals surface area contributed by atoms with Gasteiger partial charge in [-0.25, -0.2) is 4.39 Å². The molecule has 0 heterocycles. The SMILES string of the molecule is Cc1ccc(CNC(=O)CSCc2cccc(Cl)c2)cc1F. The van der Waals surface area contributed by atoms with E-state index in [0.29, 0.717) is 22.9 Å². The lowest BCUT2D eigenvalue weighted by molar-refractivity contribution is -0.118. The van der Waals surface area contributed by atoms with Gasteiger partial charge in [-0.2, -0.15) is 0 Å². The second-order valence-electron chi connectivity index (χ2n) is 4.98. The molecule has 0 saturated carbocycles. The summed E-state index contributed by atoms with van der Waals surface area (Å²) in [5, 5.41) is 3.49. The van der Waals surface area contributed by atoms with Crippen LogP contribution in [0.2, 0.25) is 5.02 Å². The number of carbonyl (C=O) groups is 1. The van der Waals surface area contributed by atoms with Crippen molar-refractivity contribution in [2.45, 2.75) is 19.2 Å². The van der Waals surface area contributed by atoms with E-state index in [2.05, 4.69) is 5.32 Å². The second kappa shape index (κ2) is 8.20. The molecule has 0 bridgehead atoms. The zero-order chi connectivity index (χ0) is 15.9. The fourth-order valence-corrected chi connectivity index (χ4v) is 2.90. The zero-order valence-electron chi connectivity index (χ0n) is 12.2. The molecule has 2 rings (SSSR count). The summed E-state index contributed by atoms with van der Waals surface area (Å²) in [5.74, 6) is 0.781. The summed E-state index contributed by atoms with van der Waals surface area (Å²) in [6, 6.07) is 12.6. The predicted octanol–water partition coefficient (Wildman–Crippen LogP) is 4.34. The van der Waals surface area contributed by atoms with Crippen LogP contribution in [0.1, 0.15) is 16.7 Å². The summed E-state index contributed by atoms with van der Waals surface area (Å²) in [6.45, 7) is 2.05. The van der Waals surface area contributed by atoms with Crippen LogP contribution in [0.4, 0.5) is 4.39 Å². The third kappa shape index (κ3) is 5.35. The van der Waals surface area contributed by atoms with Gasteiger partial charge in [-0.3, -0.25) is 4.79 Å². The molecular weight excluding hydrogens is 321 g/mol. The zero-order valence-corrected chi connectivity index (χ0v) is 13.8. The van der Waals surface area contributed by atoms with Crippen molar-refractivity contribution in [3.05, 3.63) is 70.0 Å². The minimum Gasteiger partial charge on any atom is -0.351 e. The molecule has 5 heteroatoms. The maximum atomic E-state index is 13.4. The molecule has 0 aliphatic carbocycles. The third-order valence-electron chi connectivity index (χ3n) is 3.12. The van der Waals surface area contributed by atoms with Crippen LogP contribution in [0.5, 0.6) is 0 Å². The van der Waals surface area contributed by atoms with Crippen LogP contribution in [0.25, 0.3) is 0 Å². The van der Waals surface area contributed by atoms with E-state index in [9.17, 15) is 9.18 Å². The molecule has 0 radical (unpaired) electrons. The maximum absolute atomic E-state index is 13.4. The normalized spacial score (nSPS) is 10.5. The molecule has 2 aromatic carbocycles. The number of halogens is 2. The van der Waals surface area contributed by atoms with Crippen LogP contribution in [0.15, 0.2) is 42.5 Å². The highest BCUT2D eigenvalue weighted by Crippen LogP contribution is 2.16. The van der Waals surface area contributed by atoms with Gasteiger partial charge in [-0.05, 0) is 41.8 Å². The van der Waals surface area contributed by atoms with Crippen LogP contribution in [0, 0.1) is 12.7 Å². The maximum Gasteiger partial charge on any atom is 0.230 e. The minimum atomic E-state index is -0.248. The summed E-state index contributed by atoms with van der Waals surface area (Å²) in [7, 11) is 0. The van der Waals surface area contributed by atoms with Gasteiger partial charge in [0, 0.05) is 17.3 Å². The van der Waals surface area contributed by atoms with E-state index in [1.165, 1.54) is 17.8 Å². The van der Waals surface area contributed by atoms with Gasteiger partial charge in [-0.1, -0.05) is 35.9 Å². The van der Waals surface area contributed by atoms with Crippen molar-refractivity contribution in [3.8, 4) is 0 Å².